The molecular weight excluding hydrogens is 101 g/mol. The number of aliphatic hydroxyl groups is 1. The van der Waals surface area contributed by atoms with Gasteiger partial charge in [-0.05, 0) is 0 Å². The molecule has 1 saturated heterocycles. The molecule has 0 spiro atoms. The summed E-state index contributed by atoms with van der Waals surface area (Å²) < 4.78 is 0. The Bertz CT molecular complexity index is 96.0. The van der Waals surface area contributed by atoms with Crippen LogP contribution in [0.3, 0.4) is 0 Å². The third kappa shape index (κ3) is 1.87. The van der Waals surface area contributed by atoms with Crippen LogP contribution in [0.15, 0.2) is 0 Å². The van der Waals surface area contributed by atoms with Gasteiger partial charge in [-0.3, -0.25) is 0 Å². The molecule has 4 heteroatoms. The Labute approximate surface area is 59.6 Å². The van der Waals surface area contributed by atoms with E-state index in [-0.39, 0.29) is 31.2 Å². The maximum absolute atomic E-state index is 10.1. The topological polar surface area (TPSA) is 51.4 Å². The van der Waals surface area contributed by atoms with Crippen LogP contribution >= 0.6 is 0 Å². The summed E-state index contributed by atoms with van der Waals surface area (Å²) in [5.74, 6) is -0.174. The average molecular weight is 107 g/mol. The molecule has 0 aromatic rings. The molecule has 0 aromatic heterocycles. The molecule has 1 rings (SSSR count). The number of aliphatic hydroxyl groups excluding tert-OH is 1. The molecule has 40 valence electrons. The first kappa shape index (κ1) is 8.03. The summed E-state index contributed by atoms with van der Waals surface area (Å²) in [7, 11) is 0. The number of carbonyl (C=O) groups excluding carboxylic acids is 1. The first-order chi connectivity index (χ1) is 3.29. The summed E-state index contributed by atoms with van der Waals surface area (Å²) in [5.41, 5.74) is 0. The first-order valence-electron chi connectivity index (χ1n) is 2.17. The number of nitrogens with zero attached hydrogens (tertiary/aromatic N) is 1. The van der Waals surface area contributed by atoms with E-state index in [9.17, 15) is 4.79 Å². The van der Waals surface area contributed by atoms with Crippen LogP contribution in [0.5, 0.6) is 0 Å². The number of carbonyl (C=O) groups is 1. The van der Waals surface area contributed by atoms with Gasteiger partial charge in [-0.25, -0.2) is 0 Å². The molecule has 1 aliphatic rings. The zero-order valence-electron chi connectivity index (χ0n) is 4.79. The van der Waals surface area contributed by atoms with Crippen LogP contribution in [0.4, 0.5) is 0 Å². The Morgan fingerprint density at radius 1 is 1.75 bits per heavy atom. The molecule has 3 nitrogen and oxygen atoms in total. The molecule has 0 aliphatic carbocycles. The minimum absolute atomic E-state index is 0. The van der Waals surface area contributed by atoms with Crippen LogP contribution in [-0.4, -0.2) is 23.7 Å². The normalized spacial score (nSPS) is 26.6. The van der Waals surface area contributed by atoms with Gasteiger partial charge in [-0.15, -0.1) is 6.54 Å². The van der Waals surface area contributed by atoms with Gasteiger partial charge in [0.25, 0.3) is 0 Å². The Kier molecular flexibility index (Phi) is 3.14. The molecule has 0 bridgehead atoms. The molecule has 1 atom stereocenters. The van der Waals surface area contributed by atoms with E-state index in [4.69, 9.17) is 5.11 Å². The molecule has 0 saturated carbocycles. The van der Waals surface area contributed by atoms with E-state index in [1.54, 1.807) is 0 Å². The Balaban J connectivity index is 0.000000490. The van der Waals surface area contributed by atoms with E-state index < -0.39 is 6.10 Å². The second kappa shape index (κ2) is 3.13. The molecule has 0 radical (unpaired) electrons. The van der Waals surface area contributed by atoms with Gasteiger partial charge < -0.3 is 15.2 Å². The number of rotatable bonds is 0. The van der Waals surface area contributed by atoms with Gasteiger partial charge in [0, 0.05) is 12.5 Å². The van der Waals surface area contributed by atoms with E-state index in [0.29, 0.717) is 6.54 Å². The van der Waals surface area contributed by atoms with Crippen LogP contribution < -0.4 is 18.9 Å². The molecule has 1 fully saturated rings. The van der Waals surface area contributed by atoms with Crippen molar-refractivity contribution >= 4 is 5.91 Å². The van der Waals surface area contributed by atoms with Crippen LogP contribution in [-0.2, 0) is 4.79 Å². The second-order valence-electron chi connectivity index (χ2n) is 1.59. The maximum Gasteiger partial charge on any atom is 1.00 e. The van der Waals surface area contributed by atoms with Crippen LogP contribution in [0.1, 0.15) is 6.42 Å². The van der Waals surface area contributed by atoms with E-state index in [0.717, 1.165) is 0 Å². The van der Waals surface area contributed by atoms with Crippen molar-refractivity contribution in [2.45, 2.75) is 12.5 Å². The van der Waals surface area contributed by atoms with Crippen molar-refractivity contribution in [3.8, 4) is 0 Å². The Morgan fingerprint density at radius 3 is 2.50 bits per heavy atom. The minimum atomic E-state index is -0.493. The molecular formula is C4H6LiNO2. The average Bonchev–Trinajstić information content (AvgIpc) is 1.87. The summed E-state index contributed by atoms with van der Waals surface area (Å²) in [6.45, 7) is 0.304. The summed E-state index contributed by atoms with van der Waals surface area (Å²) >= 11 is 0. The third-order valence-corrected chi connectivity index (χ3v) is 0.889. The predicted octanol–water partition coefficient (Wildman–Crippen LogP) is -3.34. The monoisotopic (exact) mass is 107 g/mol. The van der Waals surface area contributed by atoms with E-state index in [1.165, 1.54) is 0 Å². The van der Waals surface area contributed by atoms with Gasteiger partial charge in [0.05, 0.1) is 5.91 Å². The summed E-state index contributed by atoms with van der Waals surface area (Å²) in [4.78, 5) is 10.1. The van der Waals surface area contributed by atoms with Crippen LogP contribution in [0.2, 0.25) is 0 Å². The zero-order chi connectivity index (χ0) is 5.28. The molecule has 8 heavy (non-hydrogen) atoms. The van der Waals surface area contributed by atoms with Gasteiger partial charge in [-0.1, -0.05) is 0 Å². The molecule has 0 aromatic carbocycles. The number of amides is 1. The summed E-state index contributed by atoms with van der Waals surface area (Å²) in [5, 5.41) is 12.0. The van der Waals surface area contributed by atoms with E-state index in [2.05, 4.69) is 5.32 Å². The second-order valence-corrected chi connectivity index (χ2v) is 1.59. The zero-order valence-corrected chi connectivity index (χ0v) is 4.79. The standard InChI is InChI=1S/C4H7NO2.Li/c6-3-1-4(7)5-2-3;/h3,6H,1-2H2,(H,5,7);/q;+1/p-1. The molecule has 1 N–H and O–H groups in total. The summed E-state index contributed by atoms with van der Waals surface area (Å²) in [6, 6.07) is 0. The third-order valence-electron chi connectivity index (χ3n) is 0.889. The van der Waals surface area contributed by atoms with Crippen LogP contribution in [0, 0.1) is 0 Å². The predicted molar refractivity (Wildman–Crippen MR) is 23.9 cm³/mol. The van der Waals surface area contributed by atoms with Crippen molar-refractivity contribution in [1.82, 2.24) is 0 Å². The SMILES string of the molecule is O=C1CC(O)C[N-]1.[Li+]. The van der Waals surface area contributed by atoms with Crippen molar-refractivity contribution in [2.75, 3.05) is 6.54 Å². The number of hydrogen-bond acceptors (Lipinski definition) is 2. The van der Waals surface area contributed by atoms with Gasteiger partial charge >= 0.3 is 18.9 Å². The minimum Gasteiger partial charge on any atom is -0.651 e. The maximum atomic E-state index is 10.1. The van der Waals surface area contributed by atoms with E-state index >= 15 is 0 Å². The molecule has 1 unspecified atom stereocenters. The van der Waals surface area contributed by atoms with Crippen molar-refractivity contribution < 1.29 is 28.8 Å². The van der Waals surface area contributed by atoms with Crippen molar-refractivity contribution in [2.24, 2.45) is 0 Å². The van der Waals surface area contributed by atoms with Gasteiger partial charge in [0.1, 0.15) is 0 Å². The fourth-order valence-corrected chi connectivity index (χ4v) is 0.538. The molecule has 1 amide bonds. The smallest absolute Gasteiger partial charge is 0.651 e. The van der Waals surface area contributed by atoms with Crippen molar-refractivity contribution in [3.05, 3.63) is 5.32 Å². The largest absolute Gasteiger partial charge is 1.00 e. The van der Waals surface area contributed by atoms with Crippen molar-refractivity contribution in [1.29, 1.82) is 0 Å². The van der Waals surface area contributed by atoms with Crippen molar-refractivity contribution in [3.63, 3.8) is 0 Å². The quantitative estimate of drug-likeness (QED) is 0.329. The Morgan fingerprint density at radius 2 is 2.38 bits per heavy atom. The van der Waals surface area contributed by atoms with Crippen LogP contribution in [0.25, 0.3) is 5.32 Å². The Hall–Kier alpha value is 0.0274. The summed E-state index contributed by atoms with van der Waals surface area (Å²) in [6.07, 6.45) is -0.271. The van der Waals surface area contributed by atoms with E-state index in [1.807, 2.05) is 0 Å². The van der Waals surface area contributed by atoms with Gasteiger partial charge in [-0.2, -0.15) is 0 Å². The fourth-order valence-electron chi connectivity index (χ4n) is 0.538. The first-order valence-corrected chi connectivity index (χ1v) is 2.17. The van der Waals surface area contributed by atoms with Gasteiger partial charge in [0.15, 0.2) is 0 Å². The fraction of sp³-hybridized carbons (Fsp3) is 0.750. The number of hydrogen-bond donors (Lipinski definition) is 1. The van der Waals surface area contributed by atoms with Gasteiger partial charge in [0.2, 0.25) is 0 Å². The molecule has 1 heterocycles. The molecule has 1 aliphatic heterocycles.